The first-order chi connectivity index (χ1) is 12.2. The third-order valence-corrected chi connectivity index (χ3v) is 3.57. The lowest BCUT2D eigenvalue weighted by Crippen LogP contribution is -2.04. The van der Waals surface area contributed by atoms with Crippen LogP contribution in [0.25, 0.3) is 11.3 Å². The van der Waals surface area contributed by atoms with Crippen molar-refractivity contribution in [1.82, 2.24) is 4.98 Å². The molecule has 0 aliphatic carbocycles. The van der Waals surface area contributed by atoms with Crippen molar-refractivity contribution in [3.8, 4) is 22.8 Å². The number of hydrogen-bond acceptors (Lipinski definition) is 4. The summed E-state index contributed by atoms with van der Waals surface area (Å²) in [6.07, 6.45) is 0.0564. The number of benzene rings is 2. The summed E-state index contributed by atoms with van der Waals surface area (Å²) >= 11 is 0. The van der Waals surface area contributed by atoms with Crippen LogP contribution in [0.5, 0.6) is 11.5 Å². The van der Waals surface area contributed by atoms with Crippen LogP contribution < -0.4 is 4.74 Å². The van der Waals surface area contributed by atoms with E-state index in [0.29, 0.717) is 22.9 Å². The quantitative estimate of drug-likeness (QED) is 0.683. The summed E-state index contributed by atoms with van der Waals surface area (Å²) in [6, 6.07) is 18.2. The van der Waals surface area contributed by atoms with Gasteiger partial charge in [-0.25, -0.2) is 9.37 Å². The number of rotatable bonds is 6. The van der Waals surface area contributed by atoms with Crippen molar-refractivity contribution in [3.63, 3.8) is 0 Å². The Kier molecular flexibility index (Phi) is 5.16. The predicted molar refractivity (Wildman–Crippen MR) is 92.2 cm³/mol. The normalized spacial score (nSPS) is 10.5. The summed E-state index contributed by atoms with van der Waals surface area (Å²) in [5.41, 5.74) is 1.83. The van der Waals surface area contributed by atoms with E-state index in [2.05, 4.69) is 4.98 Å². The maximum atomic E-state index is 12.9. The van der Waals surface area contributed by atoms with Gasteiger partial charge in [0.15, 0.2) is 5.78 Å². The molecule has 0 amide bonds. The van der Waals surface area contributed by atoms with Gasteiger partial charge in [0, 0.05) is 12.0 Å². The van der Waals surface area contributed by atoms with E-state index in [1.54, 1.807) is 36.4 Å². The Morgan fingerprint density at radius 3 is 2.24 bits per heavy atom. The van der Waals surface area contributed by atoms with Crippen LogP contribution in [-0.4, -0.2) is 22.5 Å². The molecule has 3 rings (SSSR count). The van der Waals surface area contributed by atoms with Gasteiger partial charge in [-0.3, -0.25) is 4.79 Å². The summed E-state index contributed by atoms with van der Waals surface area (Å²) in [6.45, 7) is -0.194. The molecule has 0 unspecified atom stereocenters. The zero-order chi connectivity index (χ0) is 17.6. The second kappa shape index (κ2) is 7.68. The highest BCUT2D eigenvalue weighted by molar-refractivity contribution is 5.94. The molecule has 0 radical (unpaired) electrons. The molecule has 126 valence electrons. The zero-order valence-corrected chi connectivity index (χ0v) is 13.4. The van der Waals surface area contributed by atoms with E-state index >= 15 is 0 Å². The Hall–Kier alpha value is -3.05. The van der Waals surface area contributed by atoms with Crippen molar-refractivity contribution in [2.24, 2.45) is 0 Å². The van der Waals surface area contributed by atoms with Gasteiger partial charge in [0.1, 0.15) is 23.0 Å². The van der Waals surface area contributed by atoms with Crippen LogP contribution in [0, 0.1) is 5.82 Å². The van der Waals surface area contributed by atoms with Crippen LogP contribution in [0.1, 0.15) is 16.9 Å². The van der Waals surface area contributed by atoms with Gasteiger partial charge in [-0.1, -0.05) is 6.07 Å². The van der Waals surface area contributed by atoms with E-state index < -0.39 is 0 Å². The number of carbonyl (C=O) groups is 1. The number of Topliss-reactive ketones (excluding diaryl/α,β-unsaturated/α-hetero) is 1. The predicted octanol–water partition coefficient (Wildman–Crippen LogP) is 4.25. The molecule has 0 bridgehead atoms. The lowest BCUT2D eigenvalue weighted by atomic mass is 10.1. The van der Waals surface area contributed by atoms with Gasteiger partial charge < -0.3 is 9.84 Å². The molecule has 0 spiro atoms. The van der Waals surface area contributed by atoms with Crippen LogP contribution in [-0.2, 0) is 0 Å². The lowest BCUT2D eigenvalue weighted by Gasteiger charge is -2.07. The van der Waals surface area contributed by atoms with Gasteiger partial charge in [0.25, 0.3) is 0 Å². The molecule has 25 heavy (non-hydrogen) atoms. The lowest BCUT2D eigenvalue weighted by molar-refractivity contribution is 0.0952. The molecule has 0 saturated heterocycles. The first kappa shape index (κ1) is 16.8. The summed E-state index contributed by atoms with van der Waals surface area (Å²) in [5.74, 6) is 0.650. The Labute approximate surface area is 144 Å². The second-order valence-electron chi connectivity index (χ2n) is 5.39. The summed E-state index contributed by atoms with van der Waals surface area (Å²) in [7, 11) is 0. The van der Waals surface area contributed by atoms with Crippen molar-refractivity contribution in [2.45, 2.75) is 6.42 Å². The molecule has 1 heterocycles. The second-order valence-corrected chi connectivity index (χ2v) is 5.39. The number of aliphatic hydroxyl groups is 1. The Morgan fingerprint density at radius 1 is 0.960 bits per heavy atom. The summed E-state index contributed by atoms with van der Waals surface area (Å²) < 4.78 is 18.6. The molecule has 2 aromatic carbocycles. The highest BCUT2D eigenvalue weighted by Crippen LogP contribution is 2.25. The molecule has 0 aliphatic rings. The third kappa shape index (κ3) is 4.28. The van der Waals surface area contributed by atoms with Crippen LogP contribution in [0.4, 0.5) is 4.39 Å². The number of halogens is 1. The smallest absolute Gasteiger partial charge is 0.183 e. The third-order valence-electron chi connectivity index (χ3n) is 3.57. The summed E-state index contributed by atoms with van der Waals surface area (Å²) in [5, 5.41) is 8.87. The molecular weight excluding hydrogens is 321 g/mol. The number of carbonyl (C=O) groups excluding carboxylic acids is 1. The fourth-order valence-corrected chi connectivity index (χ4v) is 2.31. The molecule has 5 heteroatoms. The fourth-order valence-electron chi connectivity index (χ4n) is 2.31. The largest absolute Gasteiger partial charge is 0.457 e. The average Bonchev–Trinajstić information content (AvgIpc) is 2.65. The minimum atomic E-state index is -0.315. The fraction of sp³-hybridized carbons (Fsp3) is 0.100. The Balaban J connectivity index is 1.77. The monoisotopic (exact) mass is 337 g/mol. The number of aliphatic hydroxyl groups excluding tert-OH is 1. The van der Waals surface area contributed by atoms with Crippen molar-refractivity contribution in [1.29, 1.82) is 0 Å². The van der Waals surface area contributed by atoms with E-state index in [1.165, 1.54) is 12.1 Å². The van der Waals surface area contributed by atoms with Gasteiger partial charge in [-0.15, -0.1) is 0 Å². The Bertz CT molecular complexity index is 861. The van der Waals surface area contributed by atoms with Gasteiger partial charge in [0.05, 0.1) is 12.3 Å². The van der Waals surface area contributed by atoms with E-state index in [1.807, 2.05) is 18.2 Å². The van der Waals surface area contributed by atoms with Crippen LogP contribution in [0.15, 0.2) is 66.7 Å². The van der Waals surface area contributed by atoms with Crippen molar-refractivity contribution in [3.05, 3.63) is 78.2 Å². The first-order valence-corrected chi connectivity index (χ1v) is 7.81. The van der Waals surface area contributed by atoms with Gasteiger partial charge in [0.2, 0.25) is 0 Å². The maximum absolute atomic E-state index is 12.9. The van der Waals surface area contributed by atoms with Crippen LogP contribution in [0.3, 0.4) is 0 Å². The molecule has 0 atom stereocenters. The van der Waals surface area contributed by atoms with E-state index in [9.17, 15) is 9.18 Å². The molecular formula is C20H16FNO3. The van der Waals surface area contributed by atoms with Crippen molar-refractivity contribution in [2.75, 3.05) is 6.61 Å². The minimum Gasteiger partial charge on any atom is -0.457 e. The molecule has 3 aromatic rings. The van der Waals surface area contributed by atoms with Crippen LogP contribution >= 0.6 is 0 Å². The van der Waals surface area contributed by atoms with E-state index in [4.69, 9.17) is 9.84 Å². The molecule has 1 N–H and O–H groups in total. The molecule has 4 nitrogen and oxygen atoms in total. The number of nitrogens with zero attached hydrogens (tertiary/aromatic N) is 1. The van der Waals surface area contributed by atoms with Gasteiger partial charge in [-0.2, -0.15) is 0 Å². The zero-order valence-electron chi connectivity index (χ0n) is 13.4. The number of pyridine rings is 1. The summed E-state index contributed by atoms with van der Waals surface area (Å²) in [4.78, 5) is 16.2. The van der Waals surface area contributed by atoms with Crippen LogP contribution in [0.2, 0.25) is 0 Å². The molecule has 0 aliphatic heterocycles. The first-order valence-electron chi connectivity index (χ1n) is 7.81. The number of ketones is 1. The standard InChI is InChI=1S/C20H16FNO3/c21-15-6-10-17(11-7-15)25-16-8-4-14(5-9-16)18-2-1-3-19(22-18)20(24)12-13-23/h1-11,23H,12-13H2. The van der Waals surface area contributed by atoms with Crippen molar-refractivity contribution < 1.29 is 19.0 Å². The maximum Gasteiger partial charge on any atom is 0.183 e. The van der Waals surface area contributed by atoms with E-state index in [-0.39, 0.29) is 24.6 Å². The number of ether oxygens (including phenoxy) is 1. The van der Waals surface area contributed by atoms with Gasteiger partial charge in [-0.05, 0) is 60.7 Å². The molecule has 0 fully saturated rings. The highest BCUT2D eigenvalue weighted by Gasteiger charge is 2.08. The molecule has 0 saturated carbocycles. The van der Waals surface area contributed by atoms with Gasteiger partial charge >= 0.3 is 0 Å². The topological polar surface area (TPSA) is 59.4 Å². The molecule has 1 aromatic heterocycles. The minimum absolute atomic E-state index is 0.0564. The SMILES string of the molecule is O=C(CCO)c1cccc(-c2ccc(Oc3ccc(F)cc3)cc2)n1. The average molecular weight is 337 g/mol. The van der Waals surface area contributed by atoms with E-state index in [0.717, 1.165) is 5.56 Å². The highest BCUT2D eigenvalue weighted by atomic mass is 19.1. The number of hydrogen-bond donors (Lipinski definition) is 1. The van der Waals surface area contributed by atoms with Crippen molar-refractivity contribution >= 4 is 5.78 Å². The Morgan fingerprint density at radius 2 is 1.60 bits per heavy atom. The number of aromatic nitrogens is 1.